The van der Waals surface area contributed by atoms with Crippen LogP contribution in [-0.4, -0.2) is 16.2 Å². The van der Waals surface area contributed by atoms with E-state index in [2.05, 4.69) is 42.2 Å². The Labute approximate surface area is 88.7 Å². The van der Waals surface area contributed by atoms with Crippen LogP contribution in [0.1, 0.15) is 25.3 Å². The first-order chi connectivity index (χ1) is 7.12. The SMILES string of the molecule is CC1(C)[C@H](N)[C@H]1c1cccc2cn[nH]c12. The molecule has 1 aromatic carbocycles. The highest BCUT2D eigenvalue weighted by Crippen LogP contribution is 2.58. The highest BCUT2D eigenvalue weighted by atomic mass is 15.1. The van der Waals surface area contributed by atoms with E-state index in [9.17, 15) is 0 Å². The van der Waals surface area contributed by atoms with Gasteiger partial charge in [0.15, 0.2) is 0 Å². The Kier molecular flexibility index (Phi) is 1.55. The monoisotopic (exact) mass is 201 g/mol. The maximum atomic E-state index is 6.10. The molecule has 78 valence electrons. The Morgan fingerprint density at radius 2 is 2.13 bits per heavy atom. The lowest BCUT2D eigenvalue weighted by atomic mass is 10.0. The summed E-state index contributed by atoms with van der Waals surface area (Å²) in [5.41, 5.74) is 8.77. The molecule has 0 saturated heterocycles. The number of fused-ring (bicyclic) bond motifs is 1. The summed E-state index contributed by atoms with van der Waals surface area (Å²) < 4.78 is 0. The molecule has 1 fully saturated rings. The average molecular weight is 201 g/mol. The zero-order chi connectivity index (χ0) is 10.6. The second-order valence-corrected chi connectivity index (χ2v) is 5.01. The second-order valence-electron chi connectivity index (χ2n) is 5.01. The van der Waals surface area contributed by atoms with Gasteiger partial charge in [-0.25, -0.2) is 0 Å². The standard InChI is InChI=1S/C12H15N3/c1-12(2)9(11(12)13)8-5-3-4-7-6-14-15-10(7)8/h3-6,9,11H,13H2,1-2H3,(H,14,15)/t9-,11-/m1/s1. The molecule has 1 aliphatic rings. The van der Waals surface area contributed by atoms with Crippen molar-refractivity contribution in [2.45, 2.75) is 25.8 Å². The molecule has 0 bridgehead atoms. The molecule has 0 spiro atoms. The predicted octanol–water partition coefficient (Wildman–Crippen LogP) is 2.01. The van der Waals surface area contributed by atoms with Gasteiger partial charge in [-0.1, -0.05) is 32.0 Å². The molecule has 3 nitrogen and oxygen atoms in total. The Hall–Kier alpha value is -1.35. The average Bonchev–Trinajstić information content (AvgIpc) is 2.63. The summed E-state index contributed by atoms with van der Waals surface area (Å²) in [5.74, 6) is 0.460. The Morgan fingerprint density at radius 3 is 2.80 bits per heavy atom. The van der Waals surface area contributed by atoms with E-state index < -0.39 is 0 Å². The van der Waals surface area contributed by atoms with Crippen LogP contribution in [-0.2, 0) is 0 Å². The second kappa shape index (κ2) is 2.61. The number of aromatic amines is 1. The summed E-state index contributed by atoms with van der Waals surface area (Å²) in [6, 6.07) is 6.57. The minimum Gasteiger partial charge on any atom is -0.327 e. The maximum Gasteiger partial charge on any atom is 0.0685 e. The molecule has 1 aliphatic carbocycles. The fraction of sp³-hybridized carbons (Fsp3) is 0.417. The molecule has 1 saturated carbocycles. The van der Waals surface area contributed by atoms with Crippen molar-refractivity contribution in [3.8, 4) is 0 Å². The number of nitrogens with two attached hydrogens (primary N) is 1. The van der Waals surface area contributed by atoms with Crippen molar-refractivity contribution in [2.75, 3.05) is 0 Å². The molecule has 2 aromatic rings. The normalized spacial score (nSPS) is 28.2. The van der Waals surface area contributed by atoms with Crippen LogP contribution in [0.25, 0.3) is 10.9 Å². The van der Waals surface area contributed by atoms with E-state index in [1.165, 1.54) is 10.9 Å². The van der Waals surface area contributed by atoms with E-state index in [1.54, 1.807) is 0 Å². The van der Waals surface area contributed by atoms with Gasteiger partial charge in [0.2, 0.25) is 0 Å². The van der Waals surface area contributed by atoms with Crippen molar-refractivity contribution in [2.24, 2.45) is 11.1 Å². The number of nitrogens with zero attached hydrogens (tertiary/aromatic N) is 1. The van der Waals surface area contributed by atoms with Crippen LogP contribution in [0.3, 0.4) is 0 Å². The minimum atomic E-state index is 0.222. The van der Waals surface area contributed by atoms with Crippen molar-refractivity contribution >= 4 is 10.9 Å². The topological polar surface area (TPSA) is 54.7 Å². The summed E-state index contributed by atoms with van der Waals surface area (Å²) in [7, 11) is 0. The van der Waals surface area contributed by atoms with Gasteiger partial charge in [-0.05, 0) is 11.0 Å². The molecule has 3 heteroatoms. The van der Waals surface area contributed by atoms with Gasteiger partial charge in [-0.15, -0.1) is 0 Å². The number of para-hydroxylation sites is 1. The molecule has 3 rings (SSSR count). The lowest BCUT2D eigenvalue weighted by Crippen LogP contribution is -2.06. The summed E-state index contributed by atoms with van der Waals surface area (Å²) in [5, 5.41) is 8.31. The number of hydrogen-bond donors (Lipinski definition) is 2. The van der Waals surface area contributed by atoms with E-state index in [0.29, 0.717) is 5.92 Å². The van der Waals surface area contributed by atoms with Gasteiger partial charge in [-0.2, -0.15) is 5.10 Å². The molecule has 1 heterocycles. The van der Waals surface area contributed by atoms with E-state index in [0.717, 1.165) is 5.52 Å². The van der Waals surface area contributed by atoms with E-state index in [4.69, 9.17) is 5.73 Å². The molecule has 2 atom stereocenters. The van der Waals surface area contributed by atoms with Crippen molar-refractivity contribution in [1.29, 1.82) is 0 Å². The molecule has 0 radical (unpaired) electrons. The van der Waals surface area contributed by atoms with E-state index >= 15 is 0 Å². The summed E-state index contributed by atoms with van der Waals surface area (Å²) in [6.07, 6.45) is 1.86. The number of hydrogen-bond acceptors (Lipinski definition) is 2. The number of nitrogens with one attached hydrogen (secondary N) is 1. The van der Waals surface area contributed by atoms with Gasteiger partial charge in [-0.3, -0.25) is 5.10 Å². The largest absolute Gasteiger partial charge is 0.327 e. The zero-order valence-electron chi connectivity index (χ0n) is 8.99. The third-order valence-corrected chi connectivity index (χ3v) is 3.75. The number of H-pyrrole nitrogens is 1. The lowest BCUT2D eigenvalue weighted by Gasteiger charge is -2.03. The fourth-order valence-corrected chi connectivity index (χ4v) is 2.52. The highest BCUT2D eigenvalue weighted by Gasteiger charge is 2.56. The summed E-state index contributed by atoms with van der Waals surface area (Å²) in [4.78, 5) is 0. The maximum absolute atomic E-state index is 6.10. The smallest absolute Gasteiger partial charge is 0.0685 e. The number of rotatable bonds is 1. The first-order valence-electron chi connectivity index (χ1n) is 5.30. The van der Waals surface area contributed by atoms with Crippen molar-refractivity contribution < 1.29 is 0 Å². The van der Waals surface area contributed by atoms with Gasteiger partial charge in [0.05, 0.1) is 11.7 Å². The molecule has 0 aliphatic heterocycles. The quantitative estimate of drug-likeness (QED) is 0.741. The third kappa shape index (κ3) is 1.07. The number of aromatic nitrogens is 2. The number of benzene rings is 1. The van der Waals surface area contributed by atoms with Crippen LogP contribution in [0.5, 0.6) is 0 Å². The minimum absolute atomic E-state index is 0.222. The van der Waals surface area contributed by atoms with Crippen LogP contribution < -0.4 is 5.73 Å². The Bertz CT molecular complexity index is 512. The van der Waals surface area contributed by atoms with E-state index in [-0.39, 0.29) is 11.5 Å². The van der Waals surface area contributed by atoms with Crippen molar-refractivity contribution in [3.05, 3.63) is 30.0 Å². The van der Waals surface area contributed by atoms with Crippen LogP contribution >= 0.6 is 0 Å². The first kappa shape index (κ1) is 8.92. The summed E-state index contributed by atoms with van der Waals surface area (Å²) in [6.45, 7) is 4.44. The lowest BCUT2D eigenvalue weighted by molar-refractivity contribution is 0.600. The van der Waals surface area contributed by atoms with E-state index in [1.807, 2.05) is 6.20 Å². The van der Waals surface area contributed by atoms with Gasteiger partial charge in [0.1, 0.15) is 0 Å². The van der Waals surface area contributed by atoms with Gasteiger partial charge in [0, 0.05) is 17.3 Å². The molecule has 15 heavy (non-hydrogen) atoms. The Balaban J connectivity index is 2.17. The van der Waals surface area contributed by atoms with Crippen LogP contribution in [0.2, 0.25) is 0 Å². The fourth-order valence-electron chi connectivity index (χ4n) is 2.52. The molecule has 0 amide bonds. The molecular weight excluding hydrogens is 186 g/mol. The first-order valence-corrected chi connectivity index (χ1v) is 5.30. The van der Waals surface area contributed by atoms with Gasteiger partial charge in [0.25, 0.3) is 0 Å². The van der Waals surface area contributed by atoms with Gasteiger partial charge >= 0.3 is 0 Å². The van der Waals surface area contributed by atoms with Crippen LogP contribution in [0.4, 0.5) is 0 Å². The molecule has 0 unspecified atom stereocenters. The van der Waals surface area contributed by atoms with Crippen molar-refractivity contribution in [3.63, 3.8) is 0 Å². The molecule has 3 N–H and O–H groups in total. The molecular formula is C12H15N3. The third-order valence-electron chi connectivity index (χ3n) is 3.75. The van der Waals surface area contributed by atoms with Crippen molar-refractivity contribution in [1.82, 2.24) is 10.2 Å². The van der Waals surface area contributed by atoms with Crippen LogP contribution in [0.15, 0.2) is 24.4 Å². The summed E-state index contributed by atoms with van der Waals surface area (Å²) >= 11 is 0. The Morgan fingerprint density at radius 1 is 1.40 bits per heavy atom. The highest BCUT2D eigenvalue weighted by molar-refractivity contribution is 5.82. The predicted molar refractivity (Wildman–Crippen MR) is 60.6 cm³/mol. The van der Waals surface area contributed by atoms with Crippen LogP contribution in [0, 0.1) is 5.41 Å². The zero-order valence-corrected chi connectivity index (χ0v) is 8.99. The molecule has 1 aromatic heterocycles. The van der Waals surface area contributed by atoms with Gasteiger partial charge < -0.3 is 5.73 Å².